The molecule has 0 spiro atoms. The van der Waals surface area contributed by atoms with Crippen LogP contribution < -0.4 is 5.19 Å². The first kappa shape index (κ1) is 36.7. The van der Waals surface area contributed by atoms with Gasteiger partial charge in [-0.1, -0.05) is 135 Å². The van der Waals surface area contributed by atoms with Crippen molar-refractivity contribution in [2.45, 2.75) is 64.7 Å². The summed E-state index contributed by atoms with van der Waals surface area (Å²) in [4.78, 5) is 9.74. The largest absolute Gasteiger partial charge is 0.501 e. The van der Waals surface area contributed by atoms with Gasteiger partial charge in [0.2, 0.25) is 0 Å². The smallest absolute Gasteiger partial charge is 0.120 e. The number of furan rings is 1. The first-order chi connectivity index (χ1) is 25.4. The summed E-state index contributed by atoms with van der Waals surface area (Å²) in [5.74, 6) is 1.74. The van der Waals surface area contributed by atoms with Crippen LogP contribution in [0.1, 0.15) is 43.2 Å². The Kier molecular flexibility index (Phi) is 11.2. The van der Waals surface area contributed by atoms with Crippen LogP contribution in [0.25, 0.3) is 55.6 Å². The SMILES string of the molecule is C[Si](C)(C)c1cnc(-c2[c-]cccc2)cc1CC1CCCCC1.[Ir].[c-]1ccc2c(oc3ccccc32)c1-c1nc2ccccc2n1Cc1ccccc1. The van der Waals surface area contributed by atoms with E-state index in [0.717, 1.165) is 68.1 Å². The zero-order chi connectivity index (χ0) is 35.5. The molecule has 4 nitrogen and oxygen atoms in total. The van der Waals surface area contributed by atoms with Crippen LogP contribution in [0.5, 0.6) is 0 Å². The van der Waals surface area contributed by atoms with Crippen LogP contribution in [0.15, 0.2) is 132 Å². The minimum absolute atomic E-state index is 0. The Morgan fingerprint density at radius 2 is 1.53 bits per heavy atom. The quantitative estimate of drug-likeness (QED) is 0.118. The van der Waals surface area contributed by atoms with Gasteiger partial charge in [0, 0.05) is 38.2 Å². The van der Waals surface area contributed by atoms with Gasteiger partial charge in [-0.25, -0.2) is 0 Å². The third-order valence-electron chi connectivity index (χ3n) is 10.4. The Hall–Kier alpha value is -4.61. The molecule has 0 aliphatic heterocycles. The summed E-state index contributed by atoms with van der Waals surface area (Å²) < 4.78 is 8.51. The molecule has 0 atom stereocenters. The van der Waals surface area contributed by atoms with E-state index in [9.17, 15) is 0 Å². The van der Waals surface area contributed by atoms with Gasteiger partial charge < -0.3 is 14.0 Å². The van der Waals surface area contributed by atoms with Gasteiger partial charge in [-0.15, -0.1) is 54.1 Å². The third-order valence-corrected chi connectivity index (χ3v) is 12.5. The minimum Gasteiger partial charge on any atom is -0.501 e. The van der Waals surface area contributed by atoms with Crippen molar-refractivity contribution in [2.24, 2.45) is 5.92 Å². The van der Waals surface area contributed by atoms with E-state index in [1.165, 1.54) is 44.1 Å². The average molecular weight is 888 g/mol. The van der Waals surface area contributed by atoms with Gasteiger partial charge in [0.1, 0.15) is 5.58 Å². The number of pyridine rings is 1. The molecule has 1 radical (unpaired) electrons. The Balaban J connectivity index is 0.000000166. The molecule has 269 valence electrons. The van der Waals surface area contributed by atoms with Crippen molar-refractivity contribution in [3.8, 4) is 22.6 Å². The number of para-hydroxylation sites is 3. The maximum atomic E-state index is 6.25. The summed E-state index contributed by atoms with van der Waals surface area (Å²) >= 11 is 0. The first-order valence-corrected chi connectivity index (χ1v) is 22.2. The van der Waals surface area contributed by atoms with Crippen LogP contribution in [-0.2, 0) is 33.1 Å². The van der Waals surface area contributed by atoms with Gasteiger partial charge >= 0.3 is 0 Å². The third kappa shape index (κ3) is 8.01. The van der Waals surface area contributed by atoms with E-state index in [0.29, 0.717) is 0 Å². The topological polar surface area (TPSA) is 43.9 Å². The molecule has 1 saturated carbocycles. The molecule has 0 saturated heterocycles. The number of aromatic nitrogens is 3. The summed E-state index contributed by atoms with van der Waals surface area (Å²) in [5, 5.41) is 3.75. The molecule has 1 aliphatic carbocycles. The van der Waals surface area contributed by atoms with Crippen LogP contribution in [0, 0.1) is 18.1 Å². The van der Waals surface area contributed by atoms with Crippen molar-refractivity contribution in [3.63, 3.8) is 0 Å². The molecule has 53 heavy (non-hydrogen) atoms. The van der Waals surface area contributed by atoms with E-state index in [-0.39, 0.29) is 20.1 Å². The molecule has 1 fully saturated rings. The number of hydrogen-bond acceptors (Lipinski definition) is 3. The second kappa shape index (κ2) is 16.2. The summed E-state index contributed by atoms with van der Waals surface area (Å²) in [6, 6.07) is 48.1. The van der Waals surface area contributed by atoms with Crippen LogP contribution >= 0.6 is 0 Å². The minimum atomic E-state index is -1.36. The number of benzene rings is 5. The predicted molar refractivity (Wildman–Crippen MR) is 219 cm³/mol. The van der Waals surface area contributed by atoms with Crippen molar-refractivity contribution < 1.29 is 24.5 Å². The zero-order valence-corrected chi connectivity index (χ0v) is 34.1. The molecule has 6 heteroatoms. The van der Waals surface area contributed by atoms with E-state index in [2.05, 4.69) is 115 Å². The van der Waals surface area contributed by atoms with Gasteiger partial charge in [0.25, 0.3) is 0 Å². The average Bonchev–Trinajstić information content (AvgIpc) is 3.74. The number of hydrogen-bond donors (Lipinski definition) is 0. The molecule has 1 aliphatic rings. The van der Waals surface area contributed by atoms with Gasteiger partial charge in [-0.05, 0) is 47.0 Å². The molecule has 0 N–H and O–H groups in total. The summed E-state index contributed by atoms with van der Waals surface area (Å²) in [6.07, 6.45) is 10.5. The maximum absolute atomic E-state index is 6.25. The predicted octanol–water partition coefficient (Wildman–Crippen LogP) is 11.7. The summed E-state index contributed by atoms with van der Waals surface area (Å²) in [7, 11) is -1.36. The molecule has 8 aromatic rings. The fraction of sp³-hybridized carbons (Fsp3) is 0.234. The second-order valence-corrected chi connectivity index (χ2v) is 20.2. The van der Waals surface area contributed by atoms with Gasteiger partial charge in [0.15, 0.2) is 0 Å². The molecule has 0 unspecified atom stereocenters. The van der Waals surface area contributed by atoms with Crippen LogP contribution in [0.3, 0.4) is 0 Å². The molecule has 3 heterocycles. The monoisotopic (exact) mass is 888 g/mol. The molecular weight excluding hydrogens is 843 g/mol. The van der Waals surface area contributed by atoms with Gasteiger partial charge in [-0.2, -0.15) is 0 Å². The van der Waals surface area contributed by atoms with Gasteiger partial charge in [-0.3, -0.25) is 4.98 Å². The number of imidazole rings is 1. The fourth-order valence-electron chi connectivity index (χ4n) is 7.79. The first-order valence-electron chi connectivity index (χ1n) is 18.7. The van der Waals surface area contributed by atoms with Crippen LogP contribution in [-0.4, -0.2) is 22.6 Å². The van der Waals surface area contributed by atoms with Gasteiger partial charge in [0.05, 0.1) is 30.5 Å². The van der Waals surface area contributed by atoms with Crippen molar-refractivity contribution in [2.75, 3.05) is 0 Å². The Labute approximate surface area is 327 Å². The van der Waals surface area contributed by atoms with Crippen molar-refractivity contribution in [1.82, 2.24) is 14.5 Å². The summed E-state index contributed by atoms with van der Waals surface area (Å²) in [6.45, 7) is 8.04. The normalized spacial score (nSPS) is 13.5. The Morgan fingerprint density at radius 1 is 0.774 bits per heavy atom. The Morgan fingerprint density at radius 3 is 2.32 bits per heavy atom. The van der Waals surface area contributed by atoms with E-state index in [4.69, 9.17) is 14.4 Å². The molecule has 5 aromatic carbocycles. The second-order valence-electron chi connectivity index (χ2n) is 15.2. The molecular formula is C47H45IrN3OSi-2. The summed E-state index contributed by atoms with van der Waals surface area (Å²) in [5.41, 5.74) is 9.66. The maximum Gasteiger partial charge on any atom is 0.120 e. The fourth-order valence-corrected chi connectivity index (χ4v) is 9.38. The molecule has 9 rings (SSSR count). The van der Waals surface area contributed by atoms with Crippen molar-refractivity contribution >= 4 is 46.2 Å². The zero-order valence-electron chi connectivity index (χ0n) is 30.7. The standard InChI is InChI=1S/C26H17N2O.C21H28NSi.Ir/c1-2-9-18(10-3-1)17-28-23-15-6-5-14-22(23)27-26(28)21-13-8-12-20-19-11-4-7-16-24(19)29-25(20)21;1-23(2,3)21-16-22-20(18-12-8-5-9-13-18)15-19(21)14-17-10-6-4-7-11-17;/h1-12,14-16H,17H2;5,8-9,12,15-17H,4,6-7,10-11,14H2,1-3H3;/q2*-1;. The van der Waals surface area contributed by atoms with E-state index >= 15 is 0 Å². The molecule has 0 bridgehead atoms. The Bertz CT molecular complexity index is 2440. The van der Waals surface area contributed by atoms with Crippen molar-refractivity contribution in [3.05, 3.63) is 151 Å². The molecule has 0 amide bonds. The molecule has 3 aromatic heterocycles. The van der Waals surface area contributed by atoms with Crippen LogP contribution in [0.2, 0.25) is 19.6 Å². The number of nitrogens with zero attached hydrogens (tertiary/aromatic N) is 3. The number of rotatable bonds is 7. The van der Waals surface area contributed by atoms with Crippen molar-refractivity contribution in [1.29, 1.82) is 0 Å². The number of fused-ring (bicyclic) bond motifs is 4. The van der Waals surface area contributed by atoms with E-state index in [1.807, 2.05) is 48.5 Å². The van der Waals surface area contributed by atoms with E-state index < -0.39 is 8.07 Å². The van der Waals surface area contributed by atoms with E-state index in [1.54, 1.807) is 10.8 Å². The van der Waals surface area contributed by atoms with Crippen LogP contribution in [0.4, 0.5) is 0 Å².